The Bertz CT molecular complexity index is 1450. The highest BCUT2D eigenvalue weighted by Gasteiger charge is 2.21. The fraction of sp³-hybridized carbons (Fsp3) is 0.182. The van der Waals surface area contributed by atoms with E-state index < -0.39 is 0 Å². The molecule has 0 saturated heterocycles. The molecule has 1 atom stereocenters. The summed E-state index contributed by atoms with van der Waals surface area (Å²) in [6.07, 6.45) is 2.34. The molecule has 0 fully saturated rings. The van der Waals surface area contributed by atoms with Crippen LogP contribution in [0.1, 0.15) is 26.3 Å². The summed E-state index contributed by atoms with van der Waals surface area (Å²) in [6.45, 7) is 3.99. The number of para-hydroxylation sites is 2. The van der Waals surface area contributed by atoms with Crippen molar-refractivity contribution in [3.05, 3.63) is 71.0 Å². The molecule has 5 rings (SSSR count). The van der Waals surface area contributed by atoms with Crippen LogP contribution in [0.2, 0.25) is 0 Å². The Kier molecular flexibility index (Phi) is 3.91. The maximum absolute atomic E-state index is 14.0. The molecule has 144 valence electrons. The average molecular weight is 387 g/mol. The molecule has 3 aromatic heterocycles. The average Bonchev–Trinajstić information content (AvgIpc) is 3.05. The van der Waals surface area contributed by atoms with Crippen molar-refractivity contribution < 1.29 is 4.39 Å². The topological polar surface area (TPSA) is 65.6 Å². The highest BCUT2D eigenvalue weighted by atomic mass is 19.1. The lowest BCUT2D eigenvalue weighted by Gasteiger charge is -2.12. The van der Waals surface area contributed by atoms with E-state index in [0.717, 1.165) is 6.42 Å². The van der Waals surface area contributed by atoms with E-state index in [-0.39, 0.29) is 17.4 Å². The van der Waals surface area contributed by atoms with E-state index in [1.165, 1.54) is 12.1 Å². The Hall–Kier alpha value is -3.61. The van der Waals surface area contributed by atoms with E-state index in [1.807, 2.05) is 38.1 Å². The van der Waals surface area contributed by atoms with Gasteiger partial charge in [-0.2, -0.15) is 0 Å². The molecule has 3 heterocycles. The lowest BCUT2D eigenvalue weighted by atomic mass is 10.2. The summed E-state index contributed by atoms with van der Waals surface area (Å²) < 4.78 is 17.3. The molecule has 0 saturated carbocycles. The van der Waals surface area contributed by atoms with Crippen molar-refractivity contribution in [2.24, 2.45) is 0 Å². The Morgan fingerprint density at radius 2 is 1.79 bits per heavy atom. The predicted molar refractivity (Wildman–Crippen MR) is 111 cm³/mol. The molecule has 0 N–H and O–H groups in total. The molecule has 6 nitrogen and oxygen atoms in total. The quantitative estimate of drug-likeness (QED) is 0.460. The number of hydrogen-bond donors (Lipinski definition) is 0. The normalized spacial score (nSPS) is 12.8. The zero-order valence-corrected chi connectivity index (χ0v) is 16.0. The van der Waals surface area contributed by atoms with Crippen molar-refractivity contribution in [2.75, 3.05) is 0 Å². The van der Waals surface area contributed by atoms with E-state index in [4.69, 9.17) is 9.97 Å². The Morgan fingerprint density at radius 3 is 2.52 bits per heavy atom. The van der Waals surface area contributed by atoms with E-state index in [0.29, 0.717) is 38.9 Å². The summed E-state index contributed by atoms with van der Waals surface area (Å²) in [6, 6.07) is 13.6. The van der Waals surface area contributed by atoms with Gasteiger partial charge in [0.1, 0.15) is 23.0 Å². The third-order valence-electron chi connectivity index (χ3n) is 5.32. The lowest BCUT2D eigenvalue weighted by molar-refractivity contribution is 0.510. The standard InChI is InChI=1S/C22H18FN5O/c1-3-13(2)27-12-24-20-18(22(27)29)19-21(26-17-10-5-4-9-16(17)25-19)28(20)15-8-6-7-14(23)11-15/h4-13H,3H2,1-2H3/t13-/m0/s1. The first-order chi connectivity index (χ1) is 14.1. The van der Waals surface area contributed by atoms with Crippen molar-refractivity contribution in [2.45, 2.75) is 26.3 Å². The molecule has 7 heteroatoms. The number of nitrogens with zero attached hydrogens (tertiary/aromatic N) is 5. The van der Waals surface area contributed by atoms with Crippen molar-refractivity contribution in [1.29, 1.82) is 0 Å². The van der Waals surface area contributed by atoms with Crippen LogP contribution in [-0.2, 0) is 0 Å². The molecule has 5 aromatic rings. The third kappa shape index (κ3) is 2.61. The van der Waals surface area contributed by atoms with E-state index in [1.54, 1.807) is 27.6 Å². The second-order valence-electron chi connectivity index (χ2n) is 7.11. The molecule has 0 radical (unpaired) electrons. The lowest BCUT2D eigenvalue weighted by Crippen LogP contribution is -2.23. The first-order valence-electron chi connectivity index (χ1n) is 9.52. The maximum atomic E-state index is 14.0. The van der Waals surface area contributed by atoms with E-state index >= 15 is 0 Å². The van der Waals surface area contributed by atoms with Crippen molar-refractivity contribution in [1.82, 2.24) is 24.1 Å². The smallest absolute Gasteiger partial charge is 0.265 e. The number of aromatic nitrogens is 5. The summed E-state index contributed by atoms with van der Waals surface area (Å²) in [7, 11) is 0. The monoisotopic (exact) mass is 387 g/mol. The Balaban J connectivity index is 2.00. The number of hydrogen-bond acceptors (Lipinski definition) is 4. The van der Waals surface area contributed by atoms with Crippen LogP contribution in [0, 0.1) is 5.82 Å². The Labute approximate surface area is 165 Å². The molecular weight excluding hydrogens is 369 g/mol. The van der Waals surface area contributed by atoms with Gasteiger partial charge in [0.25, 0.3) is 5.56 Å². The van der Waals surface area contributed by atoms with Gasteiger partial charge in [0.15, 0.2) is 11.3 Å². The first kappa shape index (κ1) is 17.5. The van der Waals surface area contributed by atoms with Crippen molar-refractivity contribution in [3.63, 3.8) is 0 Å². The van der Waals surface area contributed by atoms with E-state index in [9.17, 15) is 9.18 Å². The fourth-order valence-electron chi connectivity index (χ4n) is 3.62. The summed E-state index contributed by atoms with van der Waals surface area (Å²) in [5, 5.41) is 0.394. The summed E-state index contributed by atoms with van der Waals surface area (Å²) >= 11 is 0. The van der Waals surface area contributed by atoms with Crippen LogP contribution >= 0.6 is 0 Å². The van der Waals surface area contributed by atoms with Crippen LogP contribution in [0.15, 0.2) is 59.7 Å². The van der Waals surface area contributed by atoms with Gasteiger partial charge in [-0.1, -0.05) is 25.1 Å². The SMILES string of the molecule is CC[C@H](C)n1cnc2c(c1=O)c1nc3ccccc3nc1n2-c1cccc(F)c1. The minimum atomic E-state index is -0.376. The van der Waals surface area contributed by atoms with Gasteiger partial charge in [-0.25, -0.2) is 19.3 Å². The van der Waals surface area contributed by atoms with Gasteiger partial charge in [0.2, 0.25) is 0 Å². The van der Waals surface area contributed by atoms with Crippen molar-refractivity contribution >= 4 is 33.2 Å². The van der Waals surface area contributed by atoms with Crippen LogP contribution in [0.4, 0.5) is 4.39 Å². The minimum absolute atomic E-state index is 0.000357. The molecule has 0 aliphatic carbocycles. The van der Waals surface area contributed by atoms with Gasteiger partial charge < -0.3 is 0 Å². The van der Waals surface area contributed by atoms with E-state index in [2.05, 4.69) is 4.98 Å². The third-order valence-corrected chi connectivity index (χ3v) is 5.32. The van der Waals surface area contributed by atoms with Gasteiger partial charge in [0, 0.05) is 6.04 Å². The summed E-state index contributed by atoms with van der Waals surface area (Å²) in [4.78, 5) is 27.4. The van der Waals surface area contributed by atoms with Crippen LogP contribution in [0.25, 0.3) is 38.9 Å². The number of halogens is 1. The second-order valence-corrected chi connectivity index (χ2v) is 7.11. The summed E-state index contributed by atoms with van der Waals surface area (Å²) in [5.41, 5.74) is 3.13. The van der Waals surface area contributed by atoms with Gasteiger partial charge in [0.05, 0.1) is 16.7 Å². The summed E-state index contributed by atoms with van der Waals surface area (Å²) in [5.74, 6) is -0.376. The number of rotatable bonds is 3. The predicted octanol–water partition coefficient (Wildman–Crippen LogP) is 4.39. The molecule has 0 aliphatic rings. The van der Waals surface area contributed by atoms with Gasteiger partial charge >= 0.3 is 0 Å². The van der Waals surface area contributed by atoms with Crippen LogP contribution < -0.4 is 5.56 Å². The first-order valence-corrected chi connectivity index (χ1v) is 9.52. The highest BCUT2D eigenvalue weighted by Crippen LogP contribution is 2.28. The van der Waals surface area contributed by atoms with Crippen molar-refractivity contribution in [3.8, 4) is 5.69 Å². The zero-order valence-electron chi connectivity index (χ0n) is 16.0. The molecule has 29 heavy (non-hydrogen) atoms. The number of benzene rings is 2. The second kappa shape index (κ2) is 6.48. The molecule has 0 unspecified atom stereocenters. The maximum Gasteiger partial charge on any atom is 0.265 e. The largest absolute Gasteiger partial charge is 0.296 e. The molecular formula is C22H18FN5O. The highest BCUT2D eigenvalue weighted by molar-refractivity contribution is 6.05. The fourth-order valence-corrected chi connectivity index (χ4v) is 3.62. The molecule has 0 bridgehead atoms. The van der Waals surface area contributed by atoms with Crippen LogP contribution in [-0.4, -0.2) is 24.1 Å². The minimum Gasteiger partial charge on any atom is -0.296 e. The zero-order chi connectivity index (χ0) is 20.1. The van der Waals surface area contributed by atoms with Gasteiger partial charge in [-0.3, -0.25) is 13.9 Å². The molecule has 0 spiro atoms. The molecule has 0 aliphatic heterocycles. The van der Waals surface area contributed by atoms with Gasteiger partial charge in [-0.05, 0) is 43.7 Å². The van der Waals surface area contributed by atoms with Gasteiger partial charge in [-0.15, -0.1) is 0 Å². The van der Waals surface area contributed by atoms with Crippen LogP contribution in [0.3, 0.4) is 0 Å². The molecule has 2 aromatic carbocycles. The molecule has 0 amide bonds. The van der Waals surface area contributed by atoms with Crippen LogP contribution in [0.5, 0.6) is 0 Å². The Morgan fingerprint density at radius 1 is 1.03 bits per heavy atom. The number of fused-ring (bicyclic) bond motifs is 4.